The molecule has 0 amide bonds. The summed E-state index contributed by atoms with van der Waals surface area (Å²) in [4.78, 5) is 11.4. The molecule has 1 aliphatic rings. The number of Topliss-reactive ketones (excluding diaryl/α,β-unsaturated/α-hetero) is 1. The Labute approximate surface area is 88.4 Å². The van der Waals surface area contributed by atoms with Crippen LogP contribution < -0.4 is 4.72 Å². The Morgan fingerprint density at radius 3 is 3.17 bits per heavy atom. The predicted molar refractivity (Wildman–Crippen MR) is 59.6 cm³/mol. The van der Waals surface area contributed by atoms with Gasteiger partial charge in [-0.3, -0.25) is 4.79 Å². The van der Waals surface area contributed by atoms with Gasteiger partial charge in [0.2, 0.25) is 0 Å². The molecule has 1 aliphatic heterocycles. The third-order valence-corrected chi connectivity index (χ3v) is 3.11. The summed E-state index contributed by atoms with van der Waals surface area (Å²) in [5.41, 5.74) is 1.76. The second-order valence-corrected chi connectivity index (χ2v) is 4.53. The van der Waals surface area contributed by atoms with Crippen molar-refractivity contribution in [2.45, 2.75) is 0 Å². The van der Waals surface area contributed by atoms with Crippen molar-refractivity contribution in [2.75, 3.05) is 10.5 Å². The van der Waals surface area contributed by atoms with Gasteiger partial charge in [-0.1, -0.05) is 0 Å². The van der Waals surface area contributed by atoms with Crippen molar-refractivity contribution >= 4 is 46.0 Å². The van der Waals surface area contributed by atoms with Crippen molar-refractivity contribution in [3.05, 3.63) is 27.3 Å². The molecule has 0 unspecified atom stereocenters. The smallest absolute Gasteiger partial charge is 0.176 e. The summed E-state index contributed by atoms with van der Waals surface area (Å²) >= 11 is 3.66. The molecule has 0 atom stereocenters. The zero-order valence-electron chi connectivity index (χ0n) is 6.13. The van der Waals surface area contributed by atoms with Crippen LogP contribution in [0, 0.1) is 3.57 Å². The van der Waals surface area contributed by atoms with E-state index in [0.717, 1.165) is 14.8 Å². The van der Waals surface area contributed by atoms with Crippen molar-refractivity contribution in [3.8, 4) is 0 Å². The van der Waals surface area contributed by atoms with E-state index in [0.29, 0.717) is 5.75 Å². The van der Waals surface area contributed by atoms with Gasteiger partial charge in [0.25, 0.3) is 0 Å². The Morgan fingerprint density at radius 2 is 2.33 bits per heavy atom. The van der Waals surface area contributed by atoms with Crippen LogP contribution in [-0.4, -0.2) is 11.5 Å². The highest BCUT2D eigenvalue weighted by Gasteiger charge is 2.16. The molecule has 1 aromatic rings. The van der Waals surface area contributed by atoms with E-state index < -0.39 is 0 Å². The van der Waals surface area contributed by atoms with Crippen LogP contribution in [0.1, 0.15) is 10.4 Å². The number of halogens is 1. The third-order valence-electron chi connectivity index (χ3n) is 1.67. The molecule has 0 bridgehead atoms. The van der Waals surface area contributed by atoms with Gasteiger partial charge in [0.1, 0.15) is 0 Å². The van der Waals surface area contributed by atoms with Crippen molar-refractivity contribution in [1.29, 1.82) is 0 Å². The molecule has 62 valence electrons. The van der Waals surface area contributed by atoms with Crippen LogP contribution in [0.25, 0.3) is 0 Å². The Hall–Kier alpha value is -0.230. The fraction of sp³-hybridized carbons (Fsp3) is 0.125. The minimum atomic E-state index is 0.215. The van der Waals surface area contributed by atoms with Crippen LogP contribution in [0.5, 0.6) is 0 Å². The first kappa shape index (κ1) is 8.37. The largest absolute Gasteiger partial charge is 0.329 e. The average Bonchev–Trinajstić information content (AvgIpc) is 2.07. The topological polar surface area (TPSA) is 29.1 Å². The van der Waals surface area contributed by atoms with E-state index in [2.05, 4.69) is 27.3 Å². The molecule has 2 nitrogen and oxygen atoms in total. The first-order valence-corrected chi connectivity index (χ1v) is 5.54. The van der Waals surface area contributed by atoms with Crippen LogP contribution in [0.15, 0.2) is 18.2 Å². The fourth-order valence-corrected chi connectivity index (χ4v) is 2.28. The molecule has 12 heavy (non-hydrogen) atoms. The number of anilines is 1. The molecule has 0 aromatic heterocycles. The zero-order valence-corrected chi connectivity index (χ0v) is 9.11. The summed E-state index contributed by atoms with van der Waals surface area (Å²) in [6, 6.07) is 5.86. The second-order valence-electron chi connectivity index (χ2n) is 2.50. The molecule has 0 fully saturated rings. The highest BCUT2D eigenvalue weighted by molar-refractivity contribution is 14.1. The van der Waals surface area contributed by atoms with Gasteiger partial charge >= 0.3 is 0 Å². The van der Waals surface area contributed by atoms with Gasteiger partial charge in [-0.05, 0) is 52.7 Å². The van der Waals surface area contributed by atoms with Gasteiger partial charge in [0.05, 0.1) is 11.4 Å². The first-order valence-electron chi connectivity index (χ1n) is 3.48. The van der Waals surface area contributed by atoms with Crippen molar-refractivity contribution in [2.24, 2.45) is 0 Å². The lowest BCUT2D eigenvalue weighted by Gasteiger charge is -2.15. The summed E-state index contributed by atoms with van der Waals surface area (Å²) in [7, 11) is 0. The number of benzene rings is 1. The van der Waals surface area contributed by atoms with Crippen LogP contribution in [0.4, 0.5) is 5.69 Å². The Morgan fingerprint density at radius 1 is 1.50 bits per heavy atom. The van der Waals surface area contributed by atoms with E-state index in [1.54, 1.807) is 0 Å². The average molecular weight is 291 g/mol. The number of carbonyl (C=O) groups is 1. The van der Waals surface area contributed by atoms with Crippen LogP contribution >= 0.6 is 34.5 Å². The Balaban J connectivity index is 2.54. The normalized spacial score (nSPS) is 15.2. The lowest BCUT2D eigenvalue weighted by atomic mass is 10.1. The predicted octanol–water partition coefficient (Wildman–Crippen LogP) is 2.55. The van der Waals surface area contributed by atoms with Crippen molar-refractivity contribution in [3.63, 3.8) is 0 Å². The van der Waals surface area contributed by atoms with Crippen LogP contribution in [-0.2, 0) is 0 Å². The van der Waals surface area contributed by atoms with E-state index >= 15 is 0 Å². The fourth-order valence-electron chi connectivity index (χ4n) is 1.09. The van der Waals surface area contributed by atoms with E-state index in [1.807, 2.05) is 18.2 Å². The number of rotatable bonds is 0. The van der Waals surface area contributed by atoms with Gasteiger partial charge in [-0.2, -0.15) is 0 Å². The molecular formula is C8H6INOS. The Bertz CT molecular complexity index is 340. The second kappa shape index (κ2) is 3.26. The van der Waals surface area contributed by atoms with Gasteiger partial charge in [-0.25, -0.2) is 0 Å². The lowest BCUT2D eigenvalue weighted by Crippen LogP contribution is -2.13. The van der Waals surface area contributed by atoms with Gasteiger partial charge in [-0.15, -0.1) is 0 Å². The summed E-state index contributed by atoms with van der Waals surface area (Å²) in [5, 5.41) is 0. The molecule has 4 heteroatoms. The maximum atomic E-state index is 11.4. The van der Waals surface area contributed by atoms with Gasteiger partial charge < -0.3 is 4.72 Å². The number of nitrogens with one attached hydrogen (secondary N) is 1. The SMILES string of the molecule is O=C1CSNc2ccc(I)cc21. The summed E-state index contributed by atoms with van der Waals surface area (Å²) in [6.45, 7) is 0. The number of hydrogen-bond donors (Lipinski definition) is 1. The highest BCUT2D eigenvalue weighted by Crippen LogP contribution is 2.27. The van der Waals surface area contributed by atoms with E-state index in [9.17, 15) is 4.79 Å². The van der Waals surface area contributed by atoms with Gasteiger partial charge in [0.15, 0.2) is 5.78 Å². The lowest BCUT2D eigenvalue weighted by molar-refractivity contribution is 0.102. The molecule has 1 aromatic carbocycles. The molecule has 2 rings (SSSR count). The number of carbonyl (C=O) groups excluding carboxylic acids is 1. The number of hydrogen-bond acceptors (Lipinski definition) is 3. The highest BCUT2D eigenvalue weighted by atomic mass is 127. The molecule has 1 heterocycles. The third kappa shape index (κ3) is 1.45. The molecule has 0 saturated heterocycles. The quantitative estimate of drug-likeness (QED) is 0.588. The monoisotopic (exact) mass is 291 g/mol. The summed E-state index contributed by atoms with van der Waals surface area (Å²) < 4.78 is 4.22. The van der Waals surface area contributed by atoms with Crippen molar-refractivity contribution < 1.29 is 4.79 Å². The number of ketones is 1. The number of fused-ring (bicyclic) bond motifs is 1. The maximum absolute atomic E-state index is 11.4. The summed E-state index contributed by atoms with van der Waals surface area (Å²) in [5.74, 6) is 0.750. The van der Waals surface area contributed by atoms with E-state index in [1.165, 1.54) is 11.9 Å². The molecule has 0 saturated carbocycles. The van der Waals surface area contributed by atoms with E-state index in [4.69, 9.17) is 0 Å². The molecule has 0 spiro atoms. The Kier molecular flexibility index (Phi) is 2.27. The van der Waals surface area contributed by atoms with E-state index in [-0.39, 0.29) is 5.78 Å². The molecule has 0 aliphatic carbocycles. The molecule has 0 radical (unpaired) electrons. The first-order chi connectivity index (χ1) is 5.77. The van der Waals surface area contributed by atoms with Crippen LogP contribution in [0.3, 0.4) is 0 Å². The van der Waals surface area contributed by atoms with Crippen LogP contribution in [0.2, 0.25) is 0 Å². The maximum Gasteiger partial charge on any atom is 0.176 e. The zero-order chi connectivity index (χ0) is 8.55. The standard InChI is InChI=1S/C8H6INOS/c9-5-1-2-7-6(3-5)8(11)4-12-10-7/h1-3,10H,4H2. The molecule has 1 N–H and O–H groups in total. The van der Waals surface area contributed by atoms with Gasteiger partial charge in [0, 0.05) is 9.13 Å². The summed E-state index contributed by atoms with van der Waals surface area (Å²) in [6.07, 6.45) is 0. The molecular weight excluding hydrogens is 285 g/mol. The minimum Gasteiger partial charge on any atom is -0.329 e. The van der Waals surface area contributed by atoms with Crippen molar-refractivity contribution in [1.82, 2.24) is 0 Å². The minimum absolute atomic E-state index is 0.215.